The molecule has 0 aliphatic heterocycles. The van der Waals surface area contributed by atoms with E-state index in [-0.39, 0.29) is 31.1 Å². The van der Waals surface area contributed by atoms with Crippen molar-refractivity contribution in [1.82, 2.24) is 16.0 Å². The molecule has 0 saturated carbocycles. The molecule has 0 radical (unpaired) electrons. The van der Waals surface area contributed by atoms with Gasteiger partial charge in [0.15, 0.2) is 5.96 Å². The van der Waals surface area contributed by atoms with Crippen LogP contribution >= 0.6 is 12.6 Å². The number of aliphatic imine (C=N–C) groups is 1. The van der Waals surface area contributed by atoms with Crippen LogP contribution in [-0.2, 0) is 25.6 Å². The van der Waals surface area contributed by atoms with E-state index in [2.05, 4.69) is 33.6 Å². The van der Waals surface area contributed by atoms with Crippen molar-refractivity contribution in [3.63, 3.8) is 0 Å². The molecule has 0 spiro atoms. The van der Waals surface area contributed by atoms with Gasteiger partial charge in [0.1, 0.15) is 18.1 Å². The van der Waals surface area contributed by atoms with Gasteiger partial charge in [-0.25, -0.2) is 4.79 Å². The Morgan fingerprint density at radius 2 is 1.53 bits per heavy atom. The van der Waals surface area contributed by atoms with E-state index in [1.54, 1.807) is 30.3 Å². The van der Waals surface area contributed by atoms with E-state index in [1.165, 1.54) is 6.92 Å². The molecule has 3 amide bonds. The van der Waals surface area contributed by atoms with Crippen molar-refractivity contribution in [2.45, 2.75) is 50.4 Å². The molecule has 34 heavy (non-hydrogen) atoms. The van der Waals surface area contributed by atoms with Gasteiger partial charge in [0.2, 0.25) is 17.7 Å². The number of rotatable bonds is 14. The fraction of sp³-hybridized carbons (Fsp3) is 0.476. The third-order valence-corrected chi connectivity index (χ3v) is 5.07. The summed E-state index contributed by atoms with van der Waals surface area (Å²) in [5.74, 6) is -3.37. The third-order valence-electron chi connectivity index (χ3n) is 4.70. The number of thiol groups is 1. The zero-order valence-electron chi connectivity index (χ0n) is 18.9. The highest BCUT2D eigenvalue weighted by molar-refractivity contribution is 7.80. The maximum absolute atomic E-state index is 13.1. The number of carboxylic acid groups (broad SMARTS) is 1. The van der Waals surface area contributed by atoms with Crippen LogP contribution < -0.4 is 33.2 Å². The minimum Gasteiger partial charge on any atom is -0.480 e. The SMILES string of the molecule is C[C@H](N)C(=O)N[C@@H](CCCN=C(N)N)C(=O)N[C@@H](Cc1ccccc1)C(=O)N[C@@H](CS)C(=O)O. The van der Waals surface area contributed by atoms with Gasteiger partial charge < -0.3 is 38.3 Å². The molecule has 10 N–H and O–H groups in total. The second-order valence-electron chi connectivity index (χ2n) is 7.63. The summed E-state index contributed by atoms with van der Waals surface area (Å²) in [4.78, 5) is 53.2. The molecule has 0 bridgehead atoms. The number of nitrogens with one attached hydrogen (secondary N) is 3. The molecule has 4 atom stereocenters. The number of hydrogen-bond acceptors (Lipinski definition) is 7. The number of aliphatic carboxylic acids is 1. The molecule has 0 fully saturated rings. The van der Waals surface area contributed by atoms with Crippen LogP contribution in [0.2, 0.25) is 0 Å². The summed E-state index contributed by atoms with van der Waals surface area (Å²) < 4.78 is 0. The van der Waals surface area contributed by atoms with Crippen molar-refractivity contribution in [3.05, 3.63) is 35.9 Å². The normalized spacial score (nSPS) is 14.1. The van der Waals surface area contributed by atoms with Crippen molar-refractivity contribution in [1.29, 1.82) is 0 Å². The molecular formula is C21H33N7O5S. The Labute approximate surface area is 203 Å². The first kappa shape index (κ1) is 28.7. The summed E-state index contributed by atoms with van der Waals surface area (Å²) in [5.41, 5.74) is 17.0. The highest BCUT2D eigenvalue weighted by Crippen LogP contribution is 2.07. The van der Waals surface area contributed by atoms with Gasteiger partial charge in [-0.15, -0.1) is 0 Å². The molecule has 12 nitrogen and oxygen atoms in total. The van der Waals surface area contributed by atoms with Gasteiger partial charge in [-0.05, 0) is 25.3 Å². The van der Waals surface area contributed by atoms with E-state index in [0.29, 0.717) is 6.42 Å². The van der Waals surface area contributed by atoms with Gasteiger partial charge >= 0.3 is 5.97 Å². The standard InChI is InChI=1S/C21H33N7O5S/c1-12(22)17(29)26-14(8-5-9-25-21(23)24)18(30)27-15(10-13-6-3-2-4-7-13)19(31)28-16(11-34)20(32)33/h2-4,6-7,12,14-16,34H,5,8-11,22H2,1H3,(H,26,29)(H,27,30)(H,28,31)(H,32,33)(H4,23,24,25)/t12-,14-,15-,16-/m0/s1. The highest BCUT2D eigenvalue weighted by Gasteiger charge is 2.29. The van der Waals surface area contributed by atoms with Crippen LogP contribution in [0.1, 0.15) is 25.3 Å². The Morgan fingerprint density at radius 1 is 0.971 bits per heavy atom. The predicted molar refractivity (Wildman–Crippen MR) is 131 cm³/mol. The predicted octanol–water partition coefficient (Wildman–Crippen LogP) is -1.90. The van der Waals surface area contributed by atoms with Crippen LogP contribution in [0.25, 0.3) is 0 Å². The molecule has 1 aromatic carbocycles. The summed E-state index contributed by atoms with van der Waals surface area (Å²) in [5, 5.41) is 16.8. The molecule has 0 aliphatic rings. The van der Waals surface area contributed by atoms with E-state index in [0.717, 1.165) is 5.56 Å². The van der Waals surface area contributed by atoms with E-state index >= 15 is 0 Å². The molecule has 0 aromatic heterocycles. The summed E-state index contributed by atoms with van der Waals surface area (Å²) in [6.45, 7) is 1.70. The van der Waals surface area contributed by atoms with Crippen LogP contribution in [0.3, 0.4) is 0 Å². The Kier molecular flexibility index (Phi) is 12.5. The van der Waals surface area contributed by atoms with Crippen LogP contribution in [0.4, 0.5) is 0 Å². The van der Waals surface area contributed by atoms with Gasteiger partial charge in [0.25, 0.3) is 0 Å². The number of carbonyl (C=O) groups is 4. The van der Waals surface area contributed by atoms with Crippen molar-refractivity contribution in [3.8, 4) is 0 Å². The number of nitrogens with zero attached hydrogens (tertiary/aromatic N) is 1. The molecule has 0 unspecified atom stereocenters. The number of benzene rings is 1. The summed E-state index contributed by atoms with van der Waals surface area (Å²) >= 11 is 3.95. The fourth-order valence-corrected chi connectivity index (χ4v) is 3.11. The van der Waals surface area contributed by atoms with Crippen LogP contribution in [-0.4, -0.2) is 71.2 Å². The highest BCUT2D eigenvalue weighted by atomic mass is 32.1. The van der Waals surface area contributed by atoms with Gasteiger partial charge in [-0.2, -0.15) is 12.6 Å². The zero-order valence-corrected chi connectivity index (χ0v) is 19.8. The molecule has 0 heterocycles. The maximum Gasteiger partial charge on any atom is 0.327 e. The smallest absolute Gasteiger partial charge is 0.327 e. The third kappa shape index (κ3) is 10.5. The Bertz CT molecular complexity index is 862. The van der Waals surface area contributed by atoms with E-state index in [4.69, 9.17) is 17.2 Å². The number of guanidine groups is 1. The van der Waals surface area contributed by atoms with E-state index in [9.17, 15) is 24.3 Å². The number of nitrogens with two attached hydrogens (primary N) is 3. The van der Waals surface area contributed by atoms with Gasteiger partial charge in [0, 0.05) is 18.7 Å². The van der Waals surface area contributed by atoms with Crippen LogP contribution in [0.15, 0.2) is 35.3 Å². The quantitative estimate of drug-likeness (QED) is 0.0629. The lowest BCUT2D eigenvalue weighted by atomic mass is 10.0. The lowest BCUT2D eigenvalue weighted by Gasteiger charge is -2.25. The molecule has 0 saturated heterocycles. The number of carbonyl (C=O) groups excluding carboxylic acids is 3. The molecule has 0 aliphatic carbocycles. The molecular weight excluding hydrogens is 462 g/mol. The van der Waals surface area contributed by atoms with E-state index < -0.39 is 47.9 Å². The molecule has 188 valence electrons. The molecule has 1 rings (SSSR count). The Hall–Kier alpha value is -3.32. The lowest BCUT2D eigenvalue weighted by molar-refractivity contribution is -0.141. The minimum atomic E-state index is -1.25. The van der Waals surface area contributed by atoms with Crippen molar-refractivity contribution < 1.29 is 24.3 Å². The second kappa shape index (κ2) is 14.8. The molecule has 1 aromatic rings. The number of hydrogen-bond donors (Lipinski definition) is 8. The first-order valence-corrected chi connectivity index (χ1v) is 11.3. The van der Waals surface area contributed by atoms with Gasteiger partial charge in [-0.1, -0.05) is 30.3 Å². The monoisotopic (exact) mass is 495 g/mol. The molecule has 13 heteroatoms. The first-order chi connectivity index (χ1) is 16.0. The minimum absolute atomic E-state index is 0.0965. The number of carboxylic acids is 1. The lowest BCUT2D eigenvalue weighted by Crippen LogP contribution is -2.57. The van der Waals surface area contributed by atoms with Gasteiger partial charge in [-0.3, -0.25) is 19.4 Å². The fourth-order valence-electron chi connectivity index (χ4n) is 2.86. The summed E-state index contributed by atoms with van der Waals surface area (Å²) in [7, 11) is 0. The van der Waals surface area contributed by atoms with Crippen LogP contribution in [0, 0.1) is 0 Å². The second-order valence-corrected chi connectivity index (χ2v) is 8.00. The largest absolute Gasteiger partial charge is 0.480 e. The average Bonchev–Trinajstić information content (AvgIpc) is 2.78. The zero-order chi connectivity index (χ0) is 25.7. The number of amides is 3. The summed E-state index contributed by atoms with van der Waals surface area (Å²) in [6, 6.07) is 4.67. The first-order valence-electron chi connectivity index (χ1n) is 10.6. The van der Waals surface area contributed by atoms with Crippen LogP contribution in [0.5, 0.6) is 0 Å². The van der Waals surface area contributed by atoms with Crippen molar-refractivity contribution in [2.75, 3.05) is 12.3 Å². The van der Waals surface area contributed by atoms with Gasteiger partial charge in [0.05, 0.1) is 6.04 Å². The van der Waals surface area contributed by atoms with E-state index in [1.807, 2.05) is 0 Å². The van der Waals surface area contributed by atoms with Crippen molar-refractivity contribution in [2.24, 2.45) is 22.2 Å². The summed E-state index contributed by atoms with van der Waals surface area (Å²) in [6.07, 6.45) is 0.639. The van der Waals surface area contributed by atoms with Crippen molar-refractivity contribution >= 4 is 42.3 Å². The topological polar surface area (TPSA) is 215 Å². The Morgan fingerprint density at radius 3 is 2.06 bits per heavy atom. The maximum atomic E-state index is 13.1. The average molecular weight is 496 g/mol. The Balaban J connectivity index is 3.05.